The van der Waals surface area contributed by atoms with Crippen LogP contribution in [0, 0.1) is 20.2 Å². The van der Waals surface area contributed by atoms with Crippen LogP contribution < -0.4 is 10.7 Å². The molecular weight excluding hydrogens is 442 g/mol. The lowest BCUT2D eigenvalue weighted by atomic mass is 10.2. The number of hydrazone groups is 1. The second-order valence-corrected chi connectivity index (χ2v) is 7.14. The SMILES string of the molecule is O=C(Cc1nnc(NC(=O)c2ccc([N+](=O)[O-])cc2)s1)N/N=C\c1ccc([N+](=O)[O-])cc1. The average Bonchev–Trinajstić information content (AvgIpc) is 3.20. The molecule has 3 rings (SSSR count). The highest BCUT2D eigenvalue weighted by atomic mass is 32.1. The minimum Gasteiger partial charge on any atom is -0.296 e. The summed E-state index contributed by atoms with van der Waals surface area (Å²) in [5.41, 5.74) is 2.86. The lowest BCUT2D eigenvalue weighted by Gasteiger charge is -2.00. The van der Waals surface area contributed by atoms with Gasteiger partial charge in [-0.3, -0.25) is 35.1 Å². The molecule has 14 heteroatoms. The number of non-ortho nitro benzene ring substituents is 2. The molecule has 0 saturated heterocycles. The predicted molar refractivity (Wildman–Crippen MR) is 113 cm³/mol. The third-order valence-corrected chi connectivity index (χ3v) is 4.68. The van der Waals surface area contributed by atoms with Crippen molar-refractivity contribution in [3.63, 3.8) is 0 Å². The zero-order valence-electron chi connectivity index (χ0n) is 16.0. The maximum Gasteiger partial charge on any atom is 0.269 e. The summed E-state index contributed by atoms with van der Waals surface area (Å²) < 4.78 is 0. The Morgan fingerprint density at radius 3 is 2.16 bits per heavy atom. The van der Waals surface area contributed by atoms with Crippen LogP contribution in [0.25, 0.3) is 0 Å². The lowest BCUT2D eigenvalue weighted by Crippen LogP contribution is -2.19. The van der Waals surface area contributed by atoms with Crippen molar-refractivity contribution >= 4 is 45.9 Å². The number of nitrogens with one attached hydrogen (secondary N) is 2. The predicted octanol–water partition coefficient (Wildman–Crippen LogP) is 2.30. The molecule has 0 atom stereocenters. The van der Waals surface area contributed by atoms with Crippen LogP contribution in [0.15, 0.2) is 53.6 Å². The number of hydrogen-bond acceptors (Lipinski definition) is 10. The Morgan fingerprint density at radius 1 is 0.969 bits per heavy atom. The van der Waals surface area contributed by atoms with Gasteiger partial charge in [0, 0.05) is 29.8 Å². The fourth-order valence-corrected chi connectivity index (χ4v) is 3.05. The Hall–Kier alpha value is -4.59. The summed E-state index contributed by atoms with van der Waals surface area (Å²) in [5.74, 6) is -1.01. The van der Waals surface area contributed by atoms with Gasteiger partial charge in [-0.15, -0.1) is 10.2 Å². The molecule has 2 N–H and O–H groups in total. The van der Waals surface area contributed by atoms with E-state index in [1.807, 2.05) is 0 Å². The van der Waals surface area contributed by atoms with Gasteiger partial charge < -0.3 is 0 Å². The van der Waals surface area contributed by atoms with Crippen LogP contribution in [0.4, 0.5) is 16.5 Å². The first-order valence-corrected chi connectivity index (χ1v) is 9.58. The van der Waals surface area contributed by atoms with Crippen molar-refractivity contribution in [2.24, 2.45) is 5.10 Å². The molecule has 0 spiro atoms. The maximum atomic E-state index is 12.2. The smallest absolute Gasteiger partial charge is 0.269 e. The third kappa shape index (κ3) is 5.96. The molecule has 13 nitrogen and oxygen atoms in total. The highest BCUT2D eigenvalue weighted by molar-refractivity contribution is 7.15. The summed E-state index contributed by atoms with van der Waals surface area (Å²) in [6, 6.07) is 10.6. The number of amides is 2. The molecule has 0 unspecified atom stereocenters. The average molecular weight is 455 g/mol. The van der Waals surface area contributed by atoms with Gasteiger partial charge in [0.15, 0.2) is 0 Å². The first-order valence-electron chi connectivity index (χ1n) is 8.76. The van der Waals surface area contributed by atoms with E-state index in [0.717, 1.165) is 11.3 Å². The number of carbonyl (C=O) groups excluding carboxylic acids is 2. The number of nitro benzene ring substituents is 2. The molecule has 0 fully saturated rings. The van der Waals surface area contributed by atoms with Crippen LogP contribution in [-0.4, -0.2) is 38.1 Å². The second kappa shape index (κ2) is 9.94. The van der Waals surface area contributed by atoms with E-state index >= 15 is 0 Å². The molecule has 1 heterocycles. The summed E-state index contributed by atoms with van der Waals surface area (Å²) in [6.07, 6.45) is 1.19. The van der Waals surface area contributed by atoms with Crippen molar-refractivity contribution in [1.82, 2.24) is 15.6 Å². The molecule has 2 amide bonds. The van der Waals surface area contributed by atoms with Crippen molar-refractivity contribution in [1.29, 1.82) is 0 Å². The summed E-state index contributed by atoms with van der Waals surface area (Å²) in [4.78, 5) is 44.3. The van der Waals surface area contributed by atoms with Gasteiger partial charge in [0.25, 0.3) is 17.3 Å². The van der Waals surface area contributed by atoms with Gasteiger partial charge in [-0.05, 0) is 29.8 Å². The molecule has 0 aliphatic heterocycles. The van der Waals surface area contributed by atoms with Crippen LogP contribution in [-0.2, 0) is 11.2 Å². The monoisotopic (exact) mass is 455 g/mol. The second-order valence-electron chi connectivity index (χ2n) is 6.08. The van der Waals surface area contributed by atoms with E-state index in [2.05, 4.69) is 26.0 Å². The molecule has 2 aromatic carbocycles. The van der Waals surface area contributed by atoms with Gasteiger partial charge in [-0.2, -0.15) is 5.10 Å². The van der Waals surface area contributed by atoms with Crippen LogP contribution in [0.3, 0.4) is 0 Å². The molecule has 32 heavy (non-hydrogen) atoms. The van der Waals surface area contributed by atoms with Gasteiger partial charge in [0.05, 0.1) is 22.5 Å². The Labute approximate surface area is 183 Å². The number of rotatable bonds is 8. The number of hydrogen-bond donors (Lipinski definition) is 2. The van der Waals surface area contributed by atoms with E-state index < -0.39 is 21.7 Å². The topological polar surface area (TPSA) is 183 Å². The number of aromatic nitrogens is 2. The minimum absolute atomic E-state index is 0.0565. The van der Waals surface area contributed by atoms with Gasteiger partial charge in [0.2, 0.25) is 11.0 Å². The fraction of sp³-hybridized carbons (Fsp3) is 0.0556. The van der Waals surface area contributed by atoms with E-state index in [-0.39, 0.29) is 28.5 Å². The molecular formula is C18H13N7O6S. The summed E-state index contributed by atoms with van der Waals surface area (Å²) in [7, 11) is 0. The van der Waals surface area contributed by atoms with Crippen molar-refractivity contribution in [2.75, 3.05) is 5.32 Å². The molecule has 0 bridgehead atoms. The van der Waals surface area contributed by atoms with Gasteiger partial charge in [-0.1, -0.05) is 11.3 Å². The Morgan fingerprint density at radius 2 is 1.56 bits per heavy atom. The summed E-state index contributed by atoms with van der Waals surface area (Å²) in [6.45, 7) is 0. The van der Waals surface area contributed by atoms with Crippen molar-refractivity contribution < 1.29 is 19.4 Å². The number of anilines is 1. The zero-order valence-corrected chi connectivity index (χ0v) is 16.8. The Balaban J connectivity index is 1.50. The number of nitro groups is 2. The molecule has 162 valence electrons. The molecule has 0 saturated carbocycles. The highest BCUT2D eigenvalue weighted by Gasteiger charge is 2.14. The molecule has 1 aromatic heterocycles. The normalized spacial score (nSPS) is 10.6. The fourth-order valence-electron chi connectivity index (χ4n) is 2.32. The van der Waals surface area contributed by atoms with E-state index in [4.69, 9.17) is 0 Å². The number of benzene rings is 2. The van der Waals surface area contributed by atoms with E-state index in [1.54, 1.807) is 0 Å². The summed E-state index contributed by atoms with van der Waals surface area (Å²) in [5, 5.41) is 35.6. The van der Waals surface area contributed by atoms with Crippen molar-refractivity contribution in [3.05, 3.63) is 84.9 Å². The Bertz CT molecular complexity index is 1190. The van der Waals surface area contributed by atoms with E-state index in [1.165, 1.54) is 54.7 Å². The molecule has 3 aromatic rings. The third-order valence-electron chi connectivity index (χ3n) is 3.85. The van der Waals surface area contributed by atoms with Crippen molar-refractivity contribution in [2.45, 2.75) is 6.42 Å². The van der Waals surface area contributed by atoms with Gasteiger partial charge in [0.1, 0.15) is 5.01 Å². The van der Waals surface area contributed by atoms with Crippen LogP contribution >= 0.6 is 11.3 Å². The lowest BCUT2D eigenvalue weighted by molar-refractivity contribution is -0.385. The first kappa shape index (κ1) is 22.1. The van der Waals surface area contributed by atoms with Crippen molar-refractivity contribution in [3.8, 4) is 0 Å². The summed E-state index contributed by atoms with van der Waals surface area (Å²) >= 11 is 0.987. The highest BCUT2D eigenvalue weighted by Crippen LogP contribution is 2.18. The van der Waals surface area contributed by atoms with Crippen LogP contribution in [0.1, 0.15) is 20.9 Å². The molecule has 0 aliphatic rings. The minimum atomic E-state index is -0.570. The molecule has 0 radical (unpaired) electrons. The van der Waals surface area contributed by atoms with Gasteiger partial charge >= 0.3 is 0 Å². The zero-order chi connectivity index (χ0) is 23.1. The maximum absolute atomic E-state index is 12.2. The molecule has 0 aliphatic carbocycles. The van der Waals surface area contributed by atoms with Crippen LogP contribution in [0.5, 0.6) is 0 Å². The van der Waals surface area contributed by atoms with E-state index in [0.29, 0.717) is 10.6 Å². The standard InChI is InChI=1S/C18H13N7O6S/c26-15(21-19-10-11-1-5-13(6-2-11)24(28)29)9-16-22-23-18(32-16)20-17(27)12-3-7-14(8-4-12)25(30)31/h1-8,10H,9H2,(H,21,26)(H,20,23,27)/b19-10-. The number of nitrogens with zero attached hydrogens (tertiary/aromatic N) is 5. The van der Waals surface area contributed by atoms with E-state index in [9.17, 15) is 29.8 Å². The first-order chi connectivity index (χ1) is 15.3. The Kier molecular flexibility index (Phi) is 6.87. The van der Waals surface area contributed by atoms with Crippen LogP contribution in [0.2, 0.25) is 0 Å². The van der Waals surface area contributed by atoms with Gasteiger partial charge in [-0.25, -0.2) is 5.43 Å². The number of carbonyl (C=O) groups is 2. The quantitative estimate of drug-likeness (QED) is 0.294. The largest absolute Gasteiger partial charge is 0.296 e.